The van der Waals surface area contributed by atoms with Gasteiger partial charge in [-0.15, -0.1) is 10.2 Å². The molecule has 0 saturated heterocycles. The molecular formula is C8H12N4O4S2. The first kappa shape index (κ1) is 14.7. The van der Waals surface area contributed by atoms with E-state index >= 15 is 0 Å². The first-order valence-corrected chi connectivity index (χ1v) is 7.35. The molecule has 1 heterocycles. The summed E-state index contributed by atoms with van der Waals surface area (Å²) in [5.74, 6) is -0.869. The van der Waals surface area contributed by atoms with Crippen molar-refractivity contribution in [3.63, 3.8) is 0 Å². The summed E-state index contributed by atoms with van der Waals surface area (Å²) in [6.45, 7) is 1.77. The highest BCUT2D eigenvalue weighted by Gasteiger charge is 2.20. The van der Waals surface area contributed by atoms with Crippen LogP contribution in [0.2, 0.25) is 0 Å². The molecule has 0 saturated carbocycles. The Morgan fingerprint density at radius 3 is 2.67 bits per heavy atom. The van der Waals surface area contributed by atoms with Crippen LogP contribution in [0.3, 0.4) is 0 Å². The lowest BCUT2D eigenvalue weighted by atomic mass is 10.0. The molecule has 0 aliphatic rings. The summed E-state index contributed by atoms with van der Waals surface area (Å²) in [4.78, 5) is 22.0. The number of aromatic nitrogens is 2. The van der Waals surface area contributed by atoms with Crippen molar-refractivity contribution in [1.29, 1.82) is 0 Å². The lowest BCUT2D eigenvalue weighted by molar-refractivity contribution is -0.122. The smallest absolute Gasteiger partial charge is 0.267 e. The summed E-state index contributed by atoms with van der Waals surface area (Å²) in [5.41, 5.74) is 0. The van der Waals surface area contributed by atoms with Crippen molar-refractivity contribution in [2.45, 2.75) is 24.1 Å². The Hall–Kier alpha value is -1.39. The van der Waals surface area contributed by atoms with Crippen LogP contribution in [0, 0.1) is 5.92 Å². The van der Waals surface area contributed by atoms with Crippen molar-refractivity contribution in [3.05, 3.63) is 0 Å². The van der Waals surface area contributed by atoms with Crippen LogP contribution in [-0.2, 0) is 19.6 Å². The van der Waals surface area contributed by atoms with E-state index in [1.54, 1.807) is 6.92 Å². The molecule has 100 valence electrons. The third-order valence-corrected chi connectivity index (χ3v) is 4.27. The van der Waals surface area contributed by atoms with E-state index in [0.29, 0.717) is 24.0 Å². The quantitative estimate of drug-likeness (QED) is 0.548. The van der Waals surface area contributed by atoms with E-state index in [1.165, 1.54) is 0 Å². The molecule has 1 rings (SSSR count). The minimum absolute atomic E-state index is 0.0355. The Kier molecular flexibility index (Phi) is 4.87. The van der Waals surface area contributed by atoms with Crippen LogP contribution in [-0.4, -0.2) is 30.8 Å². The zero-order valence-corrected chi connectivity index (χ0v) is 11.1. The Morgan fingerprint density at radius 2 is 2.22 bits per heavy atom. The average Bonchev–Trinajstić information content (AvgIpc) is 2.73. The zero-order valence-electron chi connectivity index (χ0n) is 9.49. The highest BCUT2D eigenvalue weighted by molar-refractivity contribution is 7.91. The highest BCUT2D eigenvalue weighted by Crippen LogP contribution is 2.20. The van der Waals surface area contributed by atoms with Crippen LogP contribution < -0.4 is 10.5 Å². The third kappa shape index (κ3) is 3.82. The summed E-state index contributed by atoms with van der Waals surface area (Å²) in [5, 5.41) is 14.1. The molecule has 1 aromatic rings. The minimum Gasteiger partial charge on any atom is -0.303 e. The van der Waals surface area contributed by atoms with Crippen molar-refractivity contribution in [2.24, 2.45) is 11.1 Å². The van der Waals surface area contributed by atoms with Gasteiger partial charge in [0.1, 0.15) is 6.29 Å². The Bertz CT molecular complexity index is 539. The summed E-state index contributed by atoms with van der Waals surface area (Å²) >= 11 is 0.659. The van der Waals surface area contributed by atoms with Crippen molar-refractivity contribution < 1.29 is 18.0 Å². The van der Waals surface area contributed by atoms with Crippen molar-refractivity contribution in [3.8, 4) is 0 Å². The van der Waals surface area contributed by atoms with Crippen molar-refractivity contribution >= 4 is 38.7 Å². The summed E-state index contributed by atoms with van der Waals surface area (Å²) in [6.07, 6.45) is 1.25. The van der Waals surface area contributed by atoms with E-state index < -0.39 is 21.8 Å². The first-order valence-electron chi connectivity index (χ1n) is 4.99. The molecule has 10 heteroatoms. The molecule has 1 unspecified atom stereocenters. The monoisotopic (exact) mass is 292 g/mol. The zero-order chi connectivity index (χ0) is 13.8. The number of primary sulfonamides is 1. The number of rotatable bonds is 6. The van der Waals surface area contributed by atoms with Gasteiger partial charge in [-0.05, 0) is 6.42 Å². The number of hydrogen-bond donors (Lipinski definition) is 2. The number of hydrogen-bond acceptors (Lipinski definition) is 7. The van der Waals surface area contributed by atoms with Gasteiger partial charge in [-0.1, -0.05) is 18.3 Å². The maximum Gasteiger partial charge on any atom is 0.267 e. The molecule has 0 aromatic carbocycles. The van der Waals surface area contributed by atoms with Gasteiger partial charge >= 0.3 is 0 Å². The average molecular weight is 292 g/mol. The second-order valence-corrected chi connectivity index (χ2v) is 6.13. The fourth-order valence-corrected chi connectivity index (χ4v) is 2.49. The molecule has 3 N–H and O–H groups in total. The maximum atomic E-state index is 11.7. The van der Waals surface area contributed by atoms with Gasteiger partial charge in [0.2, 0.25) is 15.4 Å². The first-order chi connectivity index (χ1) is 8.38. The van der Waals surface area contributed by atoms with Crippen LogP contribution in [0.25, 0.3) is 0 Å². The van der Waals surface area contributed by atoms with E-state index in [-0.39, 0.29) is 15.9 Å². The van der Waals surface area contributed by atoms with Gasteiger partial charge in [-0.2, -0.15) is 0 Å². The van der Waals surface area contributed by atoms with Crippen LogP contribution in [0.15, 0.2) is 4.34 Å². The molecule has 0 aliphatic heterocycles. The molecule has 0 bridgehead atoms. The predicted octanol–water partition coefficient (Wildman–Crippen LogP) is -0.261. The van der Waals surface area contributed by atoms with Crippen LogP contribution in [0.4, 0.5) is 5.13 Å². The highest BCUT2D eigenvalue weighted by atomic mass is 32.2. The van der Waals surface area contributed by atoms with E-state index in [2.05, 4.69) is 15.5 Å². The minimum atomic E-state index is -3.92. The second-order valence-electron chi connectivity index (χ2n) is 3.41. The predicted molar refractivity (Wildman–Crippen MR) is 64.4 cm³/mol. The van der Waals surface area contributed by atoms with Crippen LogP contribution in [0.5, 0.6) is 0 Å². The standard InChI is InChI=1S/C8H12N4O4S2/c1-2-5(3-4-13)6(14)10-7-11-12-8(17-7)18(9,15)16/h4-5H,2-3H2,1H3,(H2,9,15,16)(H,10,11,14). The van der Waals surface area contributed by atoms with Gasteiger partial charge in [0.05, 0.1) is 0 Å². The Morgan fingerprint density at radius 1 is 1.56 bits per heavy atom. The van der Waals surface area contributed by atoms with Gasteiger partial charge in [-0.3, -0.25) is 4.79 Å². The molecule has 0 aliphatic carbocycles. The lowest BCUT2D eigenvalue weighted by Gasteiger charge is -2.09. The molecule has 1 amide bonds. The molecule has 0 radical (unpaired) electrons. The number of aldehydes is 1. The number of nitrogens with zero attached hydrogens (tertiary/aromatic N) is 2. The summed E-state index contributed by atoms with van der Waals surface area (Å²) in [6, 6.07) is 0. The fourth-order valence-electron chi connectivity index (χ4n) is 1.16. The molecule has 18 heavy (non-hydrogen) atoms. The number of sulfonamides is 1. The van der Waals surface area contributed by atoms with E-state index in [4.69, 9.17) is 5.14 Å². The van der Waals surface area contributed by atoms with Gasteiger partial charge in [0.25, 0.3) is 10.0 Å². The van der Waals surface area contributed by atoms with Crippen molar-refractivity contribution in [1.82, 2.24) is 10.2 Å². The topological polar surface area (TPSA) is 132 Å². The van der Waals surface area contributed by atoms with Crippen LogP contribution in [0.1, 0.15) is 19.8 Å². The number of carbonyl (C=O) groups excluding carboxylic acids is 2. The van der Waals surface area contributed by atoms with Crippen molar-refractivity contribution in [2.75, 3.05) is 5.32 Å². The lowest BCUT2D eigenvalue weighted by Crippen LogP contribution is -2.22. The SMILES string of the molecule is CCC(CC=O)C(=O)Nc1nnc(S(N)(=O)=O)s1. The number of nitrogens with one attached hydrogen (secondary N) is 1. The Balaban J connectivity index is 2.76. The largest absolute Gasteiger partial charge is 0.303 e. The van der Waals surface area contributed by atoms with E-state index in [1.807, 2.05) is 0 Å². The van der Waals surface area contributed by atoms with Gasteiger partial charge in [0, 0.05) is 12.3 Å². The normalized spacial score (nSPS) is 13.0. The molecule has 1 aromatic heterocycles. The molecular weight excluding hydrogens is 280 g/mol. The molecule has 0 spiro atoms. The summed E-state index contributed by atoms with van der Waals surface area (Å²) < 4.78 is 21.5. The van der Waals surface area contributed by atoms with E-state index in [9.17, 15) is 18.0 Å². The fraction of sp³-hybridized carbons (Fsp3) is 0.500. The van der Waals surface area contributed by atoms with Crippen LogP contribution >= 0.6 is 11.3 Å². The number of amides is 1. The van der Waals surface area contributed by atoms with Gasteiger partial charge in [0.15, 0.2) is 0 Å². The van der Waals surface area contributed by atoms with E-state index in [0.717, 1.165) is 0 Å². The maximum absolute atomic E-state index is 11.7. The Labute approximate surface area is 108 Å². The van der Waals surface area contributed by atoms with Gasteiger partial charge < -0.3 is 10.1 Å². The molecule has 8 nitrogen and oxygen atoms in total. The summed E-state index contributed by atoms with van der Waals surface area (Å²) in [7, 11) is -3.92. The second kappa shape index (κ2) is 5.98. The molecule has 0 fully saturated rings. The van der Waals surface area contributed by atoms with Gasteiger partial charge in [-0.25, -0.2) is 13.6 Å². The number of nitrogens with two attached hydrogens (primary N) is 1. The third-order valence-electron chi connectivity index (χ3n) is 2.12. The number of anilines is 1. The molecule has 1 atom stereocenters. The number of carbonyl (C=O) groups is 2.